The highest BCUT2D eigenvalue weighted by Gasteiger charge is 2.18. The van der Waals surface area contributed by atoms with Crippen LogP contribution in [0.1, 0.15) is 5.56 Å². The molecule has 0 saturated carbocycles. The van der Waals surface area contributed by atoms with Gasteiger partial charge in [-0.1, -0.05) is 6.07 Å². The molecule has 0 unspecified atom stereocenters. The van der Waals surface area contributed by atoms with Gasteiger partial charge in [-0.2, -0.15) is 4.98 Å². The van der Waals surface area contributed by atoms with E-state index in [9.17, 15) is 18.9 Å². The lowest BCUT2D eigenvalue weighted by atomic mass is 10.2. The van der Waals surface area contributed by atoms with Gasteiger partial charge in [0, 0.05) is 12.1 Å². The summed E-state index contributed by atoms with van der Waals surface area (Å²) in [6, 6.07) is 3.39. The van der Waals surface area contributed by atoms with Crippen molar-refractivity contribution in [2.24, 2.45) is 0 Å². The van der Waals surface area contributed by atoms with Crippen molar-refractivity contribution in [2.45, 2.75) is 6.54 Å². The molecule has 0 aliphatic carbocycles. The summed E-state index contributed by atoms with van der Waals surface area (Å²) in [6.07, 6.45) is 0.912. The molecule has 20 heavy (non-hydrogen) atoms. The minimum absolute atomic E-state index is 0.211. The van der Waals surface area contributed by atoms with E-state index in [1.54, 1.807) is 0 Å². The molecule has 2 rings (SSSR count). The Balaban J connectivity index is 2.27. The average molecular weight is 301 g/mol. The van der Waals surface area contributed by atoms with Gasteiger partial charge in [0.1, 0.15) is 17.8 Å². The molecule has 1 aromatic carbocycles. The Morgan fingerprint density at radius 2 is 2.00 bits per heavy atom. The third kappa shape index (κ3) is 2.97. The standard InChI is InChI=1S/C11H7ClF2N4O2/c12-11-16-5-9(18(19)20)10(17-11)15-4-6-7(13)2-1-3-8(6)14/h1-3,5H,4H2,(H,15,16,17). The van der Waals surface area contributed by atoms with Crippen LogP contribution in [0.4, 0.5) is 20.3 Å². The molecule has 2 aromatic rings. The quantitative estimate of drug-likeness (QED) is 0.533. The summed E-state index contributed by atoms with van der Waals surface area (Å²) in [4.78, 5) is 17.1. The molecule has 9 heteroatoms. The number of benzene rings is 1. The fourth-order valence-corrected chi connectivity index (χ4v) is 1.62. The number of nitro groups is 1. The van der Waals surface area contributed by atoms with Crippen molar-refractivity contribution in [3.8, 4) is 0 Å². The minimum Gasteiger partial charge on any atom is -0.360 e. The molecule has 1 heterocycles. The molecule has 0 bridgehead atoms. The van der Waals surface area contributed by atoms with Gasteiger partial charge in [0.2, 0.25) is 11.1 Å². The van der Waals surface area contributed by atoms with E-state index in [0.717, 1.165) is 18.3 Å². The maximum Gasteiger partial charge on any atom is 0.329 e. The van der Waals surface area contributed by atoms with Crippen LogP contribution in [0.2, 0.25) is 5.28 Å². The van der Waals surface area contributed by atoms with Gasteiger partial charge in [-0.15, -0.1) is 0 Å². The molecular formula is C11H7ClF2N4O2. The van der Waals surface area contributed by atoms with E-state index in [-0.39, 0.29) is 23.2 Å². The van der Waals surface area contributed by atoms with Crippen molar-refractivity contribution in [2.75, 3.05) is 5.32 Å². The number of nitrogens with zero attached hydrogens (tertiary/aromatic N) is 3. The second kappa shape index (κ2) is 5.74. The predicted molar refractivity (Wildman–Crippen MR) is 67.4 cm³/mol. The molecule has 0 saturated heterocycles. The number of nitrogens with one attached hydrogen (secondary N) is 1. The Morgan fingerprint density at radius 1 is 1.35 bits per heavy atom. The Morgan fingerprint density at radius 3 is 2.60 bits per heavy atom. The molecule has 0 fully saturated rings. The van der Waals surface area contributed by atoms with Crippen LogP contribution in [0.3, 0.4) is 0 Å². The SMILES string of the molecule is O=[N+]([O-])c1cnc(Cl)nc1NCc1c(F)cccc1F. The Bertz CT molecular complexity index is 649. The van der Waals surface area contributed by atoms with E-state index >= 15 is 0 Å². The lowest BCUT2D eigenvalue weighted by molar-refractivity contribution is -0.384. The third-order valence-electron chi connectivity index (χ3n) is 2.43. The molecule has 104 valence electrons. The number of halogens is 3. The molecule has 0 aliphatic heterocycles. The molecule has 1 aromatic heterocycles. The van der Waals surface area contributed by atoms with Gasteiger partial charge in [-0.05, 0) is 23.7 Å². The summed E-state index contributed by atoms with van der Waals surface area (Å²) in [7, 11) is 0. The molecule has 0 atom stereocenters. The van der Waals surface area contributed by atoms with Crippen LogP contribution in [-0.4, -0.2) is 14.9 Å². The van der Waals surface area contributed by atoms with E-state index in [0.29, 0.717) is 0 Å². The van der Waals surface area contributed by atoms with Gasteiger partial charge < -0.3 is 5.32 Å². The molecule has 0 radical (unpaired) electrons. The lowest BCUT2D eigenvalue weighted by Gasteiger charge is -2.08. The highest BCUT2D eigenvalue weighted by molar-refractivity contribution is 6.28. The van der Waals surface area contributed by atoms with E-state index < -0.39 is 22.2 Å². The van der Waals surface area contributed by atoms with Gasteiger partial charge in [0.15, 0.2) is 0 Å². The van der Waals surface area contributed by atoms with Crippen LogP contribution in [0.25, 0.3) is 0 Å². The zero-order chi connectivity index (χ0) is 14.7. The van der Waals surface area contributed by atoms with E-state index in [1.165, 1.54) is 6.07 Å². The molecule has 1 N–H and O–H groups in total. The van der Waals surface area contributed by atoms with Crippen LogP contribution in [-0.2, 0) is 6.54 Å². The fourth-order valence-electron chi connectivity index (χ4n) is 1.49. The average Bonchev–Trinajstić information content (AvgIpc) is 2.37. The zero-order valence-corrected chi connectivity index (χ0v) is 10.6. The monoisotopic (exact) mass is 300 g/mol. The highest BCUT2D eigenvalue weighted by atomic mass is 35.5. The number of rotatable bonds is 4. The molecule has 0 spiro atoms. The van der Waals surface area contributed by atoms with Crippen molar-refractivity contribution in [3.05, 3.63) is 57.0 Å². The third-order valence-corrected chi connectivity index (χ3v) is 2.61. The second-order valence-corrected chi connectivity index (χ2v) is 4.02. The highest BCUT2D eigenvalue weighted by Crippen LogP contribution is 2.23. The van der Waals surface area contributed by atoms with Crippen LogP contribution < -0.4 is 5.32 Å². The van der Waals surface area contributed by atoms with E-state index in [2.05, 4.69) is 15.3 Å². The maximum absolute atomic E-state index is 13.4. The van der Waals surface area contributed by atoms with Gasteiger partial charge in [0.25, 0.3) is 0 Å². The smallest absolute Gasteiger partial charge is 0.329 e. The summed E-state index contributed by atoms with van der Waals surface area (Å²) in [5.41, 5.74) is -0.692. The minimum atomic E-state index is -0.764. The van der Waals surface area contributed by atoms with Crippen LogP contribution in [0, 0.1) is 21.7 Å². The van der Waals surface area contributed by atoms with Crippen molar-refractivity contribution >= 4 is 23.1 Å². The van der Waals surface area contributed by atoms with E-state index in [1.807, 2.05) is 0 Å². The summed E-state index contributed by atoms with van der Waals surface area (Å²) < 4.78 is 26.8. The number of hydrogen-bond acceptors (Lipinski definition) is 5. The number of anilines is 1. The van der Waals surface area contributed by atoms with Gasteiger partial charge in [0.05, 0.1) is 4.92 Å². The lowest BCUT2D eigenvalue weighted by Crippen LogP contribution is -2.08. The first-order chi connectivity index (χ1) is 9.49. The van der Waals surface area contributed by atoms with Crippen molar-refractivity contribution in [1.82, 2.24) is 9.97 Å². The summed E-state index contributed by atoms with van der Waals surface area (Å²) in [5.74, 6) is -1.74. The second-order valence-electron chi connectivity index (χ2n) is 3.68. The Labute approximate surface area is 116 Å². The predicted octanol–water partition coefficient (Wildman–Crippen LogP) is 2.93. The van der Waals surface area contributed by atoms with Gasteiger partial charge >= 0.3 is 5.69 Å². The molecule has 6 nitrogen and oxygen atoms in total. The normalized spacial score (nSPS) is 10.3. The molecule has 0 amide bonds. The summed E-state index contributed by atoms with van der Waals surface area (Å²) >= 11 is 5.53. The Hall–Kier alpha value is -2.35. The molecular weight excluding hydrogens is 294 g/mol. The maximum atomic E-state index is 13.4. The van der Waals surface area contributed by atoms with Crippen LogP contribution in [0.15, 0.2) is 24.4 Å². The first-order valence-electron chi connectivity index (χ1n) is 5.32. The first kappa shape index (κ1) is 14.1. The zero-order valence-electron chi connectivity index (χ0n) is 9.81. The van der Waals surface area contributed by atoms with E-state index in [4.69, 9.17) is 11.6 Å². The van der Waals surface area contributed by atoms with Crippen LogP contribution in [0.5, 0.6) is 0 Å². The van der Waals surface area contributed by atoms with Gasteiger partial charge in [-0.25, -0.2) is 13.8 Å². The first-order valence-corrected chi connectivity index (χ1v) is 5.70. The van der Waals surface area contributed by atoms with Gasteiger partial charge in [-0.3, -0.25) is 10.1 Å². The van der Waals surface area contributed by atoms with Crippen molar-refractivity contribution in [3.63, 3.8) is 0 Å². The fraction of sp³-hybridized carbons (Fsp3) is 0.0909. The van der Waals surface area contributed by atoms with Crippen LogP contribution >= 0.6 is 11.6 Å². The molecule has 0 aliphatic rings. The number of aromatic nitrogens is 2. The van der Waals surface area contributed by atoms with Crippen molar-refractivity contribution in [1.29, 1.82) is 0 Å². The summed E-state index contributed by atoms with van der Waals surface area (Å²) in [6.45, 7) is -0.313. The topological polar surface area (TPSA) is 81.0 Å². The summed E-state index contributed by atoms with van der Waals surface area (Å²) in [5, 5.41) is 13.0. The largest absolute Gasteiger partial charge is 0.360 e. The van der Waals surface area contributed by atoms with Crippen molar-refractivity contribution < 1.29 is 13.7 Å². The number of hydrogen-bond donors (Lipinski definition) is 1. The Kier molecular flexibility index (Phi) is 4.04.